The molecule has 1 aromatic carbocycles. The summed E-state index contributed by atoms with van der Waals surface area (Å²) in [4.78, 5) is 23.0. The monoisotopic (exact) mass is 292 g/mol. The van der Waals surface area contributed by atoms with Gasteiger partial charge in [0.2, 0.25) is 11.8 Å². The Morgan fingerprint density at radius 1 is 1.45 bits per heavy atom. The van der Waals surface area contributed by atoms with Crippen LogP contribution in [0.15, 0.2) is 41.6 Å². The van der Waals surface area contributed by atoms with Crippen LogP contribution in [0, 0.1) is 5.92 Å². The Morgan fingerprint density at radius 3 is 2.85 bits per heavy atom. The van der Waals surface area contributed by atoms with Crippen LogP contribution in [0.25, 0.3) is 0 Å². The maximum Gasteiger partial charge on any atom is 0.247 e. The number of hydrazine groups is 1. The predicted octanol–water partition coefficient (Wildman–Crippen LogP) is 0.945. The van der Waals surface area contributed by atoms with Crippen LogP contribution in [0.2, 0.25) is 5.02 Å². The number of hydrazone groups is 1. The first-order valence-corrected chi connectivity index (χ1v) is 6.27. The van der Waals surface area contributed by atoms with Gasteiger partial charge in [-0.15, -0.1) is 0 Å². The summed E-state index contributed by atoms with van der Waals surface area (Å²) in [5.74, 6) is -1.23. The molecule has 1 aliphatic rings. The molecular formula is C13H13ClN4O2. The third-order valence-corrected chi connectivity index (χ3v) is 3.12. The number of hydrogen-bond donors (Lipinski definition) is 3. The standard InChI is InChI=1S/C13H13ClN4O2/c1-8-10(13(20)18-16-8)6-12(19)17-15-7-9-4-2-3-5-11(9)14/h2-5,7,10,16H,1,6H2,(H,17,19)(H,18,20). The quantitative estimate of drug-likeness (QED) is 0.571. The maximum atomic E-state index is 11.7. The Hall–Kier alpha value is -2.34. The van der Waals surface area contributed by atoms with Gasteiger partial charge in [-0.2, -0.15) is 5.10 Å². The molecule has 3 N–H and O–H groups in total. The van der Waals surface area contributed by atoms with Crippen molar-refractivity contribution in [2.75, 3.05) is 0 Å². The number of benzene rings is 1. The molecule has 104 valence electrons. The van der Waals surface area contributed by atoms with Crippen molar-refractivity contribution in [1.29, 1.82) is 0 Å². The van der Waals surface area contributed by atoms with Crippen molar-refractivity contribution in [3.63, 3.8) is 0 Å². The van der Waals surface area contributed by atoms with Crippen molar-refractivity contribution in [3.05, 3.63) is 47.1 Å². The van der Waals surface area contributed by atoms with Gasteiger partial charge in [-0.1, -0.05) is 36.4 Å². The van der Waals surface area contributed by atoms with Crippen molar-refractivity contribution in [2.24, 2.45) is 11.0 Å². The van der Waals surface area contributed by atoms with E-state index in [0.717, 1.165) is 0 Å². The Kier molecular flexibility index (Phi) is 4.37. The van der Waals surface area contributed by atoms with E-state index in [2.05, 4.69) is 28.0 Å². The van der Waals surface area contributed by atoms with Gasteiger partial charge >= 0.3 is 0 Å². The molecule has 0 bridgehead atoms. The van der Waals surface area contributed by atoms with Crippen molar-refractivity contribution in [1.82, 2.24) is 16.3 Å². The predicted molar refractivity (Wildman–Crippen MR) is 75.7 cm³/mol. The van der Waals surface area contributed by atoms with Crippen molar-refractivity contribution >= 4 is 29.6 Å². The van der Waals surface area contributed by atoms with Crippen LogP contribution in [0.1, 0.15) is 12.0 Å². The van der Waals surface area contributed by atoms with Gasteiger partial charge in [-0.3, -0.25) is 15.0 Å². The van der Waals surface area contributed by atoms with Crippen LogP contribution in [0.3, 0.4) is 0 Å². The fourth-order valence-corrected chi connectivity index (χ4v) is 1.86. The summed E-state index contributed by atoms with van der Waals surface area (Å²) >= 11 is 5.94. The Labute approximate surface area is 120 Å². The molecule has 1 saturated heterocycles. The SMILES string of the molecule is C=C1NNC(=O)C1CC(=O)NN=Cc1ccccc1Cl. The second-order valence-corrected chi connectivity index (χ2v) is 4.62. The zero-order valence-corrected chi connectivity index (χ0v) is 11.3. The van der Waals surface area contributed by atoms with E-state index < -0.39 is 5.92 Å². The topological polar surface area (TPSA) is 82.6 Å². The van der Waals surface area contributed by atoms with Crippen molar-refractivity contribution in [2.45, 2.75) is 6.42 Å². The summed E-state index contributed by atoms with van der Waals surface area (Å²) in [5, 5.41) is 4.34. The van der Waals surface area contributed by atoms with E-state index in [4.69, 9.17) is 11.6 Å². The smallest absolute Gasteiger partial charge is 0.247 e. The van der Waals surface area contributed by atoms with E-state index in [1.54, 1.807) is 18.2 Å². The highest BCUT2D eigenvalue weighted by atomic mass is 35.5. The van der Waals surface area contributed by atoms with Gasteiger partial charge in [0.25, 0.3) is 0 Å². The van der Waals surface area contributed by atoms with Crippen LogP contribution < -0.4 is 16.3 Å². The zero-order chi connectivity index (χ0) is 14.5. The molecule has 1 aromatic rings. The summed E-state index contributed by atoms with van der Waals surface area (Å²) in [7, 11) is 0. The summed E-state index contributed by atoms with van der Waals surface area (Å²) in [6.07, 6.45) is 1.43. The Bertz CT molecular complexity index is 569. The molecule has 1 aliphatic heterocycles. The lowest BCUT2D eigenvalue weighted by molar-refractivity contribution is -0.127. The minimum Gasteiger partial charge on any atom is -0.302 e. The molecule has 0 radical (unpaired) electrons. The van der Waals surface area contributed by atoms with E-state index in [0.29, 0.717) is 16.3 Å². The normalized spacial score (nSPS) is 17.9. The molecule has 7 heteroatoms. The largest absolute Gasteiger partial charge is 0.302 e. The van der Waals surface area contributed by atoms with E-state index >= 15 is 0 Å². The van der Waals surface area contributed by atoms with Crippen LogP contribution >= 0.6 is 11.6 Å². The molecular weight excluding hydrogens is 280 g/mol. The molecule has 0 spiro atoms. The fourth-order valence-electron chi connectivity index (χ4n) is 1.67. The van der Waals surface area contributed by atoms with Crippen molar-refractivity contribution in [3.8, 4) is 0 Å². The van der Waals surface area contributed by atoms with Gasteiger partial charge in [0.1, 0.15) is 0 Å². The Morgan fingerprint density at radius 2 is 2.20 bits per heavy atom. The third kappa shape index (κ3) is 3.36. The lowest BCUT2D eigenvalue weighted by Gasteiger charge is -2.05. The summed E-state index contributed by atoms with van der Waals surface area (Å²) < 4.78 is 0. The number of carbonyl (C=O) groups excluding carboxylic acids is 2. The second-order valence-electron chi connectivity index (χ2n) is 4.21. The first-order chi connectivity index (χ1) is 9.58. The number of hydrogen-bond acceptors (Lipinski definition) is 4. The van der Waals surface area contributed by atoms with Gasteiger partial charge < -0.3 is 5.43 Å². The number of amides is 2. The van der Waals surface area contributed by atoms with Crippen LogP contribution in [-0.4, -0.2) is 18.0 Å². The van der Waals surface area contributed by atoms with E-state index in [9.17, 15) is 9.59 Å². The second kappa shape index (κ2) is 6.21. The first kappa shape index (κ1) is 14.1. The van der Waals surface area contributed by atoms with E-state index in [-0.39, 0.29) is 18.2 Å². The number of nitrogens with one attached hydrogen (secondary N) is 3. The molecule has 0 aromatic heterocycles. The summed E-state index contributed by atoms with van der Waals surface area (Å²) in [6.45, 7) is 3.65. The molecule has 6 nitrogen and oxygen atoms in total. The molecule has 0 saturated carbocycles. The van der Waals surface area contributed by atoms with Crippen LogP contribution in [0.4, 0.5) is 0 Å². The molecule has 1 heterocycles. The van der Waals surface area contributed by atoms with Crippen molar-refractivity contribution < 1.29 is 9.59 Å². The highest BCUT2D eigenvalue weighted by Gasteiger charge is 2.29. The molecule has 1 unspecified atom stereocenters. The third-order valence-electron chi connectivity index (χ3n) is 2.77. The molecule has 1 atom stereocenters. The van der Waals surface area contributed by atoms with Gasteiger partial charge in [0.15, 0.2) is 0 Å². The number of rotatable bonds is 4. The lowest BCUT2D eigenvalue weighted by Crippen LogP contribution is -2.27. The van der Waals surface area contributed by atoms with Crippen LogP contribution in [0.5, 0.6) is 0 Å². The number of halogens is 1. The number of nitrogens with zero attached hydrogens (tertiary/aromatic N) is 1. The minimum atomic E-state index is -0.578. The average molecular weight is 293 g/mol. The lowest BCUT2D eigenvalue weighted by atomic mass is 10.0. The highest BCUT2D eigenvalue weighted by Crippen LogP contribution is 2.15. The fraction of sp³-hybridized carbons (Fsp3) is 0.154. The average Bonchev–Trinajstić information content (AvgIpc) is 2.73. The van der Waals surface area contributed by atoms with Crippen LogP contribution in [-0.2, 0) is 9.59 Å². The van der Waals surface area contributed by atoms with Gasteiger partial charge in [-0.05, 0) is 6.07 Å². The molecule has 20 heavy (non-hydrogen) atoms. The number of carbonyl (C=O) groups is 2. The molecule has 2 amide bonds. The molecule has 2 rings (SSSR count). The summed E-state index contributed by atoms with van der Waals surface area (Å²) in [6, 6.07) is 7.11. The van der Waals surface area contributed by atoms with E-state index in [1.807, 2.05) is 6.07 Å². The maximum absolute atomic E-state index is 11.7. The highest BCUT2D eigenvalue weighted by molar-refractivity contribution is 6.33. The minimum absolute atomic E-state index is 0.0163. The molecule has 1 fully saturated rings. The molecule has 0 aliphatic carbocycles. The summed E-state index contributed by atoms with van der Waals surface area (Å²) in [5.41, 5.74) is 8.49. The van der Waals surface area contributed by atoms with Gasteiger partial charge in [0.05, 0.1) is 12.1 Å². The van der Waals surface area contributed by atoms with E-state index in [1.165, 1.54) is 6.21 Å². The first-order valence-electron chi connectivity index (χ1n) is 5.89. The van der Waals surface area contributed by atoms with Gasteiger partial charge in [0, 0.05) is 22.7 Å². The van der Waals surface area contributed by atoms with Gasteiger partial charge in [-0.25, -0.2) is 5.43 Å². The zero-order valence-electron chi connectivity index (χ0n) is 10.5. The Balaban J connectivity index is 1.88.